The number of allylic oxidation sites excluding steroid dienone is 4. The second kappa shape index (κ2) is 43.4. The largest absolute Gasteiger partial charge is 0.465 e. The van der Waals surface area contributed by atoms with Crippen LogP contribution in [0.5, 0.6) is 0 Å². The molecule has 0 spiro atoms. The molecule has 0 aromatic rings. The molecule has 57 heavy (non-hydrogen) atoms. The molecule has 0 aromatic heterocycles. The van der Waals surface area contributed by atoms with Crippen LogP contribution in [-0.2, 0) is 38.1 Å². The second-order valence-corrected chi connectivity index (χ2v) is 16.4. The van der Waals surface area contributed by atoms with Crippen LogP contribution in [0, 0.1) is 11.8 Å². The minimum Gasteiger partial charge on any atom is -0.465 e. The lowest BCUT2D eigenvalue weighted by Crippen LogP contribution is -2.27. The maximum atomic E-state index is 12.9. The van der Waals surface area contributed by atoms with Crippen LogP contribution in [-0.4, -0.2) is 57.2 Å². The molecule has 0 rings (SSSR count). The zero-order chi connectivity index (χ0) is 41.9. The third-order valence-corrected chi connectivity index (χ3v) is 10.1. The number of unbranched alkanes of at least 4 members (excludes halogenated alkanes) is 18. The molecule has 8 heteroatoms. The van der Waals surface area contributed by atoms with E-state index in [1.807, 2.05) is 0 Å². The molecule has 0 aliphatic carbocycles. The molecule has 0 aliphatic heterocycles. The maximum Gasteiger partial charge on any atom is 0.305 e. The van der Waals surface area contributed by atoms with Gasteiger partial charge in [-0.3, -0.25) is 14.4 Å². The average molecular weight is 807 g/mol. The molecule has 0 fully saturated rings. The van der Waals surface area contributed by atoms with E-state index in [9.17, 15) is 14.4 Å². The Labute approximate surface area is 351 Å². The van der Waals surface area contributed by atoms with Crippen LogP contribution >= 0.6 is 0 Å². The van der Waals surface area contributed by atoms with Crippen molar-refractivity contribution in [3.63, 3.8) is 0 Å². The van der Waals surface area contributed by atoms with Crippen molar-refractivity contribution in [2.75, 3.05) is 33.0 Å². The first-order valence-electron chi connectivity index (χ1n) is 23.8. The Morgan fingerprint density at radius 2 is 0.842 bits per heavy atom. The van der Waals surface area contributed by atoms with Gasteiger partial charge in [-0.1, -0.05) is 162 Å². The van der Waals surface area contributed by atoms with E-state index in [0.717, 1.165) is 83.5 Å². The summed E-state index contributed by atoms with van der Waals surface area (Å²) in [5.41, 5.74) is 0. The van der Waals surface area contributed by atoms with Crippen molar-refractivity contribution < 1.29 is 38.1 Å². The van der Waals surface area contributed by atoms with E-state index >= 15 is 0 Å². The lowest BCUT2D eigenvalue weighted by atomic mass is 10.1. The van der Waals surface area contributed by atoms with Crippen molar-refractivity contribution in [3.05, 3.63) is 24.3 Å². The number of hydrogen-bond donors (Lipinski definition) is 0. The molecule has 334 valence electrons. The van der Waals surface area contributed by atoms with Crippen molar-refractivity contribution in [2.45, 2.75) is 227 Å². The van der Waals surface area contributed by atoms with E-state index in [4.69, 9.17) is 23.7 Å². The summed E-state index contributed by atoms with van der Waals surface area (Å²) in [6, 6.07) is 0. The van der Waals surface area contributed by atoms with Crippen molar-refractivity contribution >= 4 is 17.9 Å². The van der Waals surface area contributed by atoms with Gasteiger partial charge in [0, 0.05) is 32.5 Å². The highest BCUT2D eigenvalue weighted by Crippen LogP contribution is 2.14. The van der Waals surface area contributed by atoms with E-state index < -0.39 is 12.2 Å². The lowest BCUT2D eigenvalue weighted by molar-refractivity contribution is -0.162. The van der Waals surface area contributed by atoms with Crippen molar-refractivity contribution in [1.29, 1.82) is 0 Å². The van der Waals surface area contributed by atoms with Crippen LogP contribution in [0.3, 0.4) is 0 Å². The number of ether oxygens (including phenoxy) is 5. The summed E-state index contributed by atoms with van der Waals surface area (Å²) in [6.45, 7) is 12.3. The molecule has 0 aliphatic rings. The molecule has 8 nitrogen and oxygen atoms in total. The molecular formula is C49H90O8. The highest BCUT2D eigenvalue weighted by atomic mass is 16.7. The summed E-state index contributed by atoms with van der Waals surface area (Å²) in [7, 11) is 0. The molecule has 0 radical (unpaired) electrons. The van der Waals surface area contributed by atoms with E-state index in [0.29, 0.717) is 38.4 Å². The van der Waals surface area contributed by atoms with Crippen LogP contribution in [0.25, 0.3) is 0 Å². The van der Waals surface area contributed by atoms with Gasteiger partial charge in [-0.2, -0.15) is 0 Å². The van der Waals surface area contributed by atoms with Crippen LogP contribution in [0.4, 0.5) is 0 Å². The van der Waals surface area contributed by atoms with E-state index in [1.54, 1.807) is 0 Å². The number of hydrogen-bond acceptors (Lipinski definition) is 8. The van der Waals surface area contributed by atoms with E-state index in [1.165, 1.54) is 77.0 Å². The monoisotopic (exact) mass is 807 g/mol. The van der Waals surface area contributed by atoms with Crippen molar-refractivity contribution in [1.82, 2.24) is 0 Å². The quantitative estimate of drug-likeness (QED) is 0.0198. The SMILES string of the molecule is CCCCC/C=C\C/C=C\CCCCCCCC(=O)OCC(COC(=O)CCCC(C)C)COC(=O)CCC(OCCCCCCCC)OCCCCCCCC. The predicted octanol–water partition coefficient (Wildman–Crippen LogP) is 13.7. The number of carbonyl (C=O) groups excluding carboxylic acids is 3. The normalized spacial score (nSPS) is 12.3. The first-order valence-corrected chi connectivity index (χ1v) is 23.8. The predicted molar refractivity (Wildman–Crippen MR) is 236 cm³/mol. The van der Waals surface area contributed by atoms with Gasteiger partial charge in [0.2, 0.25) is 0 Å². The first-order chi connectivity index (χ1) is 27.8. The summed E-state index contributed by atoms with van der Waals surface area (Å²) in [6.07, 6.45) is 38.2. The number of rotatable bonds is 43. The highest BCUT2D eigenvalue weighted by molar-refractivity contribution is 5.70. The van der Waals surface area contributed by atoms with Gasteiger partial charge < -0.3 is 23.7 Å². The average Bonchev–Trinajstić information content (AvgIpc) is 3.19. The Kier molecular flexibility index (Phi) is 41.7. The maximum absolute atomic E-state index is 12.9. The Morgan fingerprint density at radius 1 is 0.439 bits per heavy atom. The van der Waals surface area contributed by atoms with Gasteiger partial charge in [-0.25, -0.2) is 0 Å². The molecule has 0 saturated heterocycles. The smallest absolute Gasteiger partial charge is 0.305 e. The molecule has 0 amide bonds. The Hall–Kier alpha value is -2.19. The standard InChI is InChI=1S/C49H90O8/c1-6-9-12-15-18-19-20-21-22-23-24-25-26-27-30-35-46(50)55-41-45(42-56-47(51)36-33-34-44(4)5)43-57-48(52)37-38-49(53-39-31-28-16-13-10-7-2)54-40-32-29-17-14-11-8-3/h18-19,21-22,44-45,49H,6-17,20,23-43H2,1-5H3/b19-18-,22-21-. The lowest BCUT2D eigenvalue weighted by Gasteiger charge is -2.20. The molecule has 0 aromatic carbocycles. The summed E-state index contributed by atoms with van der Waals surface area (Å²) >= 11 is 0. The molecular weight excluding hydrogens is 717 g/mol. The van der Waals surface area contributed by atoms with Crippen molar-refractivity contribution in [3.8, 4) is 0 Å². The summed E-state index contributed by atoms with van der Waals surface area (Å²) in [5, 5.41) is 0. The Bertz CT molecular complexity index is 943. The van der Waals surface area contributed by atoms with Gasteiger partial charge in [0.15, 0.2) is 6.29 Å². The van der Waals surface area contributed by atoms with Gasteiger partial charge in [0.25, 0.3) is 0 Å². The van der Waals surface area contributed by atoms with Gasteiger partial charge in [0.1, 0.15) is 19.8 Å². The second-order valence-electron chi connectivity index (χ2n) is 16.4. The molecule has 0 bridgehead atoms. The zero-order valence-electron chi connectivity index (χ0n) is 37.8. The fourth-order valence-corrected chi connectivity index (χ4v) is 6.37. The Morgan fingerprint density at radius 3 is 1.35 bits per heavy atom. The zero-order valence-corrected chi connectivity index (χ0v) is 37.8. The molecule has 0 heterocycles. The van der Waals surface area contributed by atoms with Crippen molar-refractivity contribution in [2.24, 2.45) is 11.8 Å². The highest BCUT2D eigenvalue weighted by Gasteiger charge is 2.19. The van der Waals surface area contributed by atoms with Gasteiger partial charge in [0.05, 0.1) is 12.3 Å². The topological polar surface area (TPSA) is 97.4 Å². The van der Waals surface area contributed by atoms with Gasteiger partial charge in [-0.05, 0) is 63.7 Å². The molecule has 0 saturated carbocycles. The fourth-order valence-electron chi connectivity index (χ4n) is 6.37. The van der Waals surface area contributed by atoms with E-state index in [2.05, 4.69) is 58.9 Å². The minimum atomic E-state index is -0.443. The van der Waals surface area contributed by atoms with Crippen LogP contribution in [0.2, 0.25) is 0 Å². The minimum absolute atomic E-state index is 0.0109. The van der Waals surface area contributed by atoms with Crippen LogP contribution in [0.15, 0.2) is 24.3 Å². The van der Waals surface area contributed by atoms with Crippen LogP contribution in [0.1, 0.15) is 221 Å². The third kappa shape index (κ3) is 41.8. The number of esters is 3. The summed E-state index contributed by atoms with van der Waals surface area (Å²) < 4.78 is 29.0. The van der Waals surface area contributed by atoms with Gasteiger partial charge >= 0.3 is 17.9 Å². The van der Waals surface area contributed by atoms with E-state index in [-0.39, 0.29) is 44.1 Å². The van der Waals surface area contributed by atoms with Crippen LogP contribution < -0.4 is 0 Å². The fraction of sp³-hybridized carbons (Fsp3) is 0.857. The molecule has 0 N–H and O–H groups in total. The first kappa shape index (κ1) is 54.8. The summed E-state index contributed by atoms with van der Waals surface area (Å²) in [5.74, 6) is -0.828. The number of carbonyl (C=O) groups is 3. The Balaban J connectivity index is 4.72. The summed E-state index contributed by atoms with van der Waals surface area (Å²) in [4.78, 5) is 37.9. The molecule has 1 atom stereocenters. The van der Waals surface area contributed by atoms with Gasteiger partial charge in [-0.15, -0.1) is 0 Å². The third-order valence-electron chi connectivity index (χ3n) is 10.1. The molecule has 1 unspecified atom stereocenters.